The third kappa shape index (κ3) is 4.70. The number of amides is 2. The molecule has 5 nitrogen and oxygen atoms in total. The van der Waals surface area contributed by atoms with Gasteiger partial charge >= 0.3 is 6.18 Å². The fourth-order valence-electron chi connectivity index (χ4n) is 4.74. The Hall–Kier alpha value is -3.72. The van der Waals surface area contributed by atoms with Gasteiger partial charge in [-0.2, -0.15) is 13.2 Å². The molecule has 0 saturated carbocycles. The lowest BCUT2D eigenvalue weighted by atomic mass is 10.1. The molecule has 0 unspecified atom stereocenters. The second-order valence-electron chi connectivity index (χ2n) is 8.98. The van der Waals surface area contributed by atoms with Crippen LogP contribution in [0.1, 0.15) is 37.4 Å². The highest BCUT2D eigenvalue weighted by atomic mass is 19.4. The Balaban J connectivity index is 1.27. The smallest absolute Gasteiger partial charge is 0.368 e. The molecule has 1 fully saturated rings. The van der Waals surface area contributed by atoms with E-state index >= 15 is 0 Å². The number of anilines is 1. The Kier molecular flexibility index (Phi) is 6.26. The van der Waals surface area contributed by atoms with E-state index in [2.05, 4.69) is 9.80 Å². The van der Waals surface area contributed by atoms with Gasteiger partial charge in [-0.1, -0.05) is 30.3 Å². The average Bonchev–Trinajstić information content (AvgIpc) is 3.09. The molecular formula is C27H23F4N3O2. The van der Waals surface area contributed by atoms with Crippen LogP contribution in [0.4, 0.5) is 23.2 Å². The first-order chi connectivity index (χ1) is 17.2. The summed E-state index contributed by atoms with van der Waals surface area (Å²) in [5.41, 5.74) is 2.03. The number of halogens is 4. The van der Waals surface area contributed by atoms with Crippen LogP contribution < -0.4 is 4.90 Å². The summed E-state index contributed by atoms with van der Waals surface area (Å²) in [5, 5.41) is 0. The number of hydrogen-bond donors (Lipinski definition) is 0. The largest absolute Gasteiger partial charge is 0.416 e. The van der Waals surface area contributed by atoms with Gasteiger partial charge in [-0.15, -0.1) is 0 Å². The molecule has 0 spiro atoms. The fraction of sp³-hybridized carbons (Fsp3) is 0.259. The average molecular weight is 497 g/mol. The van der Waals surface area contributed by atoms with Gasteiger partial charge < -0.3 is 4.90 Å². The van der Waals surface area contributed by atoms with Gasteiger partial charge in [0.25, 0.3) is 11.8 Å². The zero-order chi connectivity index (χ0) is 25.4. The van der Waals surface area contributed by atoms with E-state index in [9.17, 15) is 27.2 Å². The van der Waals surface area contributed by atoms with E-state index in [0.29, 0.717) is 55.1 Å². The predicted molar refractivity (Wildman–Crippen MR) is 126 cm³/mol. The minimum Gasteiger partial charge on any atom is -0.368 e. The number of nitrogens with zero attached hydrogens (tertiary/aromatic N) is 3. The summed E-state index contributed by atoms with van der Waals surface area (Å²) < 4.78 is 52.0. The van der Waals surface area contributed by atoms with Crippen molar-refractivity contribution in [2.75, 3.05) is 31.1 Å². The third-order valence-corrected chi connectivity index (χ3v) is 6.61. The molecule has 0 bridgehead atoms. The van der Waals surface area contributed by atoms with E-state index in [1.807, 2.05) is 6.07 Å². The van der Waals surface area contributed by atoms with Crippen molar-refractivity contribution in [2.45, 2.75) is 19.3 Å². The summed E-state index contributed by atoms with van der Waals surface area (Å²) >= 11 is 0. The molecule has 186 valence electrons. The first-order valence-electron chi connectivity index (χ1n) is 11.6. The Morgan fingerprint density at radius 3 is 2.11 bits per heavy atom. The van der Waals surface area contributed by atoms with Crippen LogP contribution in [0.25, 0.3) is 0 Å². The van der Waals surface area contributed by atoms with Gasteiger partial charge in [-0.05, 0) is 47.5 Å². The number of imide groups is 1. The molecule has 3 aromatic carbocycles. The number of carbonyl (C=O) groups excluding carboxylic acids is 2. The molecule has 2 aliphatic rings. The van der Waals surface area contributed by atoms with E-state index in [1.54, 1.807) is 24.3 Å². The van der Waals surface area contributed by atoms with Crippen molar-refractivity contribution < 1.29 is 27.2 Å². The van der Waals surface area contributed by atoms with Crippen LogP contribution in [0, 0.1) is 5.82 Å². The monoisotopic (exact) mass is 497 g/mol. The highest BCUT2D eigenvalue weighted by Gasteiger charge is 2.39. The zero-order valence-corrected chi connectivity index (χ0v) is 19.3. The Morgan fingerprint density at radius 1 is 0.750 bits per heavy atom. The van der Waals surface area contributed by atoms with Crippen molar-refractivity contribution in [1.29, 1.82) is 0 Å². The van der Waals surface area contributed by atoms with E-state index in [4.69, 9.17) is 0 Å². The maximum Gasteiger partial charge on any atom is 0.416 e. The first kappa shape index (κ1) is 24.0. The summed E-state index contributed by atoms with van der Waals surface area (Å²) in [6.07, 6.45) is -4.36. The minimum atomic E-state index is -4.36. The number of piperazine rings is 1. The van der Waals surface area contributed by atoms with Gasteiger partial charge in [0.05, 0.1) is 28.9 Å². The SMILES string of the molecule is O=C1c2cccc(N3CCN(Cc4ccc(C(F)(F)F)cc4)CC3)c2C(=O)N1Cc1cccc(F)c1. The molecule has 9 heteroatoms. The van der Waals surface area contributed by atoms with E-state index < -0.39 is 29.4 Å². The number of benzene rings is 3. The molecule has 5 rings (SSSR count). The highest BCUT2D eigenvalue weighted by molar-refractivity contribution is 6.23. The van der Waals surface area contributed by atoms with Gasteiger partial charge in [0, 0.05) is 32.7 Å². The third-order valence-electron chi connectivity index (χ3n) is 6.61. The molecule has 0 aromatic heterocycles. The first-order valence-corrected chi connectivity index (χ1v) is 11.6. The van der Waals surface area contributed by atoms with Crippen LogP contribution in [-0.4, -0.2) is 47.8 Å². The maximum absolute atomic E-state index is 13.6. The van der Waals surface area contributed by atoms with Gasteiger partial charge in [0.1, 0.15) is 5.82 Å². The lowest BCUT2D eigenvalue weighted by molar-refractivity contribution is -0.137. The second kappa shape index (κ2) is 9.39. The van der Waals surface area contributed by atoms with Crippen LogP contribution >= 0.6 is 0 Å². The molecule has 0 radical (unpaired) electrons. The van der Waals surface area contributed by atoms with Crippen molar-refractivity contribution in [3.05, 3.63) is 100 Å². The molecule has 2 aliphatic heterocycles. The van der Waals surface area contributed by atoms with Gasteiger partial charge in [0.2, 0.25) is 0 Å². The predicted octanol–water partition coefficient (Wildman–Crippen LogP) is 4.96. The van der Waals surface area contributed by atoms with Crippen molar-refractivity contribution in [1.82, 2.24) is 9.80 Å². The number of fused-ring (bicyclic) bond motifs is 1. The number of carbonyl (C=O) groups is 2. The summed E-state index contributed by atoms with van der Waals surface area (Å²) in [6, 6.07) is 16.2. The summed E-state index contributed by atoms with van der Waals surface area (Å²) in [4.78, 5) is 31.6. The van der Waals surface area contributed by atoms with Crippen molar-refractivity contribution in [3.63, 3.8) is 0 Å². The van der Waals surface area contributed by atoms with Gasteiger partial charge in [-0.25, -0.2) is 4.39 Å². The Labute approximate surface area is 205 Å². The summed E-state index contributed by atoms with van der Waals surface area (Å²) in [7, 11) is 0. The van der Waals surface area contributed by atoms with E-state index in [1.165, 1.54) is 24.3 Å². The lowest BCUT2D eigenvalue weighted by Crippen LogP contribution is -2.46. The maximum atomic E-state index is 13.6. The molecule has 2 heterocycles. The van der Waals surface area contributed by atoms with Crippen LogP contribution in [0.5, 0.6) is 0 Å². The number of hydrogen-bond acceptors (Lipinski definition) is 4. The summed E-state index contributed by atoms with van der Waals surface area (Å²) in [5.74, 6) is -1.23. The Bertz CT molecular complexity index is 1300. The number of alkyl halides is 3. The van der Waals surface area contributed by atoms with Crippen LogP contribution in [0.2, 0.25) is 0 Å². The standard InChI is InChI=1S/C27H23F4N3O2/c28-21-4-1-3-19(15-21)17-34-25(35)22-5-2-6-23(24(22)26(34)36)33-13-11-32(12-14-33)16-18-7-9-20(10-8-18)27(29,30)31/h1-10,15H,11-14,16-17H2. The van der Waals surface area contributed by atoms with E-state index in [0.717, 1.165) is 22.6 Å². The quantitative estimate of drug-likeness (QED) is 0.369. The van der Waals surface area contributed by atoms with Crippen molar-refractivity contribution >= 4 is 17.5 Å². The van der Waals surface area contributed by atoms with Gasteiger partial charge in [-0.3, -0.25) is 19.4 Å². The van der Waals surface area contributed by atoms with E-state index in [-0.39, 0.29) is 6.54 Å². The fourth-order valence-corrected chi connectivity index (χ4v) is 4.74. The van der Waals surface area contributed by atoms with Crippen LogP contribution in [-0.2, 0) is 19.3 Å². The lowest BCUT2D eigenvalue weighted by Gasteiger charge is -2.36. The highest BCUT2D eigenvalue weighted by Crippen LogP contribution is 2.33. The molecule has 0 atom stereocenters. The molecule has 0 aliphatic carbocycles. The zero-order valence-electron chi connectivity index (χ0n) is 19.3. The van der Waals surface area contributed by atoms with Crippen molar-refractivity contribution in [2.24, 2.45) is 0 Å². The van der Waals surface area contributed by atoms with Crippen LogP contribution in [0.3, 0.4) is 0 Å². The normalized spacial score (nSPS) is 16.6. The van der Waals surface area contributed by atoms with Crippen molar-refractivity contribution in [3.8, 4) is 0 Å². The summed E-state index contributed by atoms with van der Waals surface area (Å²) in [6.45, 7) is 3.02. The molecule has 0 N–H and O–H groups in total. The minimum absolute atomic E-state index is 0.00947. The molecule has 2 amide bonds. The number of rotatable bonds is 5. The van der Waals surface area contributed by atoms with Gasteiger partial charge in [0.15, 0.2) is 0 Å². The topological polar surface area (TPSA) is 43.9 Å². The molecule has 1 saturated heterocycles. The molecule has 36 heavy (non-hydrogen) atoms. The second-order valence-corrected chi connectivity index (χ2v) is 8.98. The molecule has 3 aromatic rings. The Morgan fingerprint density at radius 2 is 1.44 bits per heavy atom. The molecular weight excluding hydrogens is 474 g/mol. The van der Waals surface area contributed by atoms with Crippen LogP contribution in [0.15, 0.2) is 66.7 Å².